The predicted molar refractivity (Wildman–Crippen MR) is 45.5 cm³/mol. The van der Waals surface area contributed by atoms with E-state index in [1.165, 1.54) is 7.11 Å². The van der Waals surface area contributed by atoms with Crippen LogP contribution in [0.2, 0.25) is 0 Å². The van der Waals surface area contributed by atoms with Gasteiger partial charge in [0.25, 0.3) is 0 Å². The zero-order valence-electron chi connectivity index (χ0n) is 7.57. The molecule has 0 aromatic carbocycles. The number of aromatic nitrogens is 2. The fourth-order valence-corrected chi connectivity index (χ4v) is 1.04. The van der Waals surface area contributed by atoms with Gasteiger partial charge in [-0.1, -0.05) is 0 Å². The van der Waals surface area contributed by atoms with Gasteiger partial charge in [0.05, 0.1) is 12.0 Å². The molecule has 0 bridgehead atoms. The number of nitrogens with one attached hydrogen (secondary N) is 1. The minimum absolute atomic E-state index is 0.293. The third-order valence-electron chi connectivity index (χ3n) is 1.87. The molecular formula is C8H12N2O3. The van der Waals surface area contributed by atoms with Crippen LogP contribution >= 0.6 is 0 Å². The van der Waals surface area contributed by atoms with Crippen LogP contribution in [-0.2, 0) is 16.0 Å². The molecule has 0 fully saturated rings. The monoisotopic (exact) mass is 184 g/mol. The van der Waals surface area contributed by atoms with E-state index >= 15 is 0 Å². The van der Waals surface area contributed by atoms with E-state index in [0.29, 0.717) is 6.42 Å². The number of carboxylic acid groups (broad SMARTS) is 1. The van der Waals surface area contributed by atoms with Crippen LogP contribution in [0.1, 0.15) is 11.4 Å². The van der Waals surface area contributed by atoms with Crippen molar-refractivity contribution in [2.75, 3.05) is 7.11 Å². The number of H-pyrrole nitrogens is 1. The van der Waals surface area contributed by atoms with Gasteiger partial charge < -0.3 is 14.8 Å². The molecule has 1 heterocycles. The van der Waals surface area contributed by atoms with E-state index in [1.54, 1.807) is 6.33 Å². The number of aromatic amines is 1. The summed E-state index contributed by atoms with van der Waals surface area (Å²) in [7, 11) is 1.38. The number of methoxy groups -OCH3 is 1. The lowest BCUT2D eigenvalue weighted by Gasteiger charge is -2.08. The smallest absolute Gasteiger partial charge is 0.333 e. The first-order valence-electron chi connectivity index (χ1n) is 3.89. The largest absolute Gasteiger partial charge is 0.479 e. The van der Waals surface area contributed by atoms with Crippen molar-refractivity contribution < 1.29 is 14.6 Å². The van der Waals surface area contributed by atoms with Crippen LogP contribution < -0.4 is 0 Å². The van der Waals surface area contributed by atoms with Crippen LogP contribution in [0, 0.1) is 6.92 Å². The number of nitrogens with zero attached hydrogens (tertiary/aromatic N) is 1. The third kappa shape index (κ3) is 2.29. The standard InChI is InChI=1S/C8H12N2O3/c1-5-6(10-4-9-5)3-7(13-2)8(11)12/h4,7H,3H2,1-2H3,(H,9,10)(H,11,12). The molecule has 0 aliphatic rings. The number of hydrogen-bond donors (Lipinski definition) is 2. The summed E-state index contributed by atoms with van der Waals surface area (Å²) in [5.41, 5.74) is 1.61. The van der Waals surface area contributed by atoms with Crippen LogP contribution in [0.3, 0.4) is 0 Å². The van der Waals surface area contributed by atoms with Crippen LogP contribution in [-0.4, -0.2) is 34.3 Å². The summed E-state index contributed by atoms with van der Waals surface area (Å²) in [6.07, 6.45) is 1.02. The van der Waals surface area contributed by atoms with Crippen molar-refractivity contribution in [2.24, 2.45) is 0 Å². The molecule has 1 atom stereocenters. The molecule has 0 aliphatic carbocycles. The highest BCUT2D eigenvalue weighted by molar-refractivity contribution is 5.72. The Morgan fingerprint density at radius 2 is 2.54 bits per heavy atom. The van der Waals surface area contributed by atoms with Crippen molar-refractivity contribution in [3.8, 4) is 0 Å². The Morgan fingerprint density at radius 1 is 1.85 bits per heavy atom. The molecule has 1 aromatic heterocycles. The highest BCUT2D eigenvalue weighted by Gasteiger charge is 2.18. The van der Waals surface area contributed by atoms with Crippen molar-refractivity contribution in [2.45, 2.75) is 19.4 Å². The molecule has 1 rings (SSSR count). The molecule has 13 heavy (non-hydrogen) atoms. The number of aliphatic carboxylic acids is 1. The minimum atomic E-state index is -0.968. The first-order valence-corrected chi connectivity index (χ1v) is 3.89. The number of rotatable bonds is 4. The summed E-state index contributed by atoms with van der Waals surface area (Å²) < 4.78 is 4.79. The Labute approximate surface area is 75.8 Å². The van der Waals surface area contributed by atoms with Crippen LogP contribution in [0.5, 0.6) is 0 Å². The zero-order chi connectivity index (χ0) is 9.84. The van der Waals surface area contributed by atoms with Crippen molar-refractivity contribution in [3.63, 3.8) is 0 Å². The molecule has 1 unspecified atom stereocenters. The molecule has 5 nitrogen and oxygen atoms in total. The third-order valence-corrected chi connectivity index (χ3v) is 1.87. The van der Waals surface area contributed by atoms with Crippen molar-refractivity contribution in [1.29, 1.82) is 0 Å². The van der Waals surface area contributed by atoms with Gasteiger partial charge in [-0.15, -0.1) is 0 Å². The number of hydrogen-bond acceptors (Lipinski definition) is 3. The van der Waals surface area contributed by atoms with E-state index in [0.717, 1.165) is 11.4 Å². The SMILES string of the molecule is COC(Cc1nc[nH]c1C)C(=O)O. The van der Waals surface area contributed by atoms with Gasteiger partial charge in [0, 0.05) is 19.2 Å². The van der Waals surface area contributed by atoms with Gasteiger partial charge in [0.15, 0.2) is 6.10 Å². The van der Waals surface area contributed by atoms with Crippen LogP contribution in [0.15, 0.2) is 6.33 Å². The fourth-order valence-electron chi connectivity index (χ4n) is 1.04. The molecule has 0 radical (unpaired) electrons. The lowest BCUT2D eigenvalue weighted by atomic mass is 10.2. The minimum Gasteiger partial charge on any atom is -0.479 e. The van der Waals surface area contributed by atoms with Gasteiger partial charge in [0.1, 0.15) is 0 Å². The molecule has 0 amide bonds. The maximum Gasteiger partial charge on any atom is 0.333 e. The van der Waals surface area contributed by atoms with Gasteiger partial charge in [-0.3, -0.25) is 0 Å². The number of aryl methyl sites for hydroxylation is 1. The Hall–Kier alpha value is -1.36. The highest BCUT2D eigenvalue weighted by atomic mass is 16.5. The van der Waals surface area contributed by atoms with Crippen LogP contribution in [0.4, 0.5) is 0 Å². The number of carbonyl (C=O) groups is 1. The van der Waals surface area contributed by atoms with Crippen molar-refractivity contribution in [1.82, 2.24) is 9.97 Å². The first kappa shape index (κ1) is 9.73. The number of carboxylic acids is 1. The molecule has 2 N–H and O–H groups in total. The topological polar surface area (TPSA) is 75.2 Å². The van der Waals surface area contributed by atoms with Crippen LogP contribution in [0.25, 0.3) is 0 Å². The molecule has 1 aromatic rings. The van der Waals surface area contributed by atoms with E-state index in [2.05, 4.69) is 9.97 Å². The molecule has 5 heteroatoms. The summed E-state index contributed by atoms with van der Waals surface area (Å²) in [6, 6.07) is 0. The second kappa shape index (κ2) is 4.04. The molecule has 0 saturated carbocycles. The van der Waals surface area contributed by atoms with E-state index in [1.807, 2.05) is 6.92 Å². The average molecular weight is 184 g/mol. The summed E-state index contributed by atoms with van der Waals surface area (Å²) >= 11 is 0. The second-order valence-electron chi connectivity index (χ2n) is 2.74. The maximum atomic E-state index is 10.6. The van der Waals surface area contributed by atoms with Gasteiger partial charge in [-0.05, 0) is 6.92 Å². The van der Waals surface area contributed by atoms with Gasteiger partial charge in [0.2, 0.25) is 0 Å². The second-order valence-corrected chi connectivity index (χ2v) is 2.74. The molecule has 72 valence electrons. The van der Waals surface area contributed by atoms with Crippen molar-refractivity contribution in [3.05, 3.63) is 17.7 Å². The first-order chi connectivity index (χ1) is 6.15. The maximum absolute atomic E-state index is 10.6. The fraction of sp³-hybridized carbons (Fsp3) is 0.500. The summed E-state index contributed by atoms with van der Waals surface area (Å²) in [5.74, 6) is -0.968. The van der Waals surface area contributed by atoms with Gasteiger partial charge in [-0.2, -0.15) is 0 Å². The highest BCUT2D eigenvalue weighted by Crippen LogP contribution is 2.06. The molecule has 0 spiro atoms. The lowest BCUT2D eigenvalue weighted by molar-refractivity contribution is -0.148. The molecule has 0 aliphatic heterocycles. The summed E-state index contributed by atoms with van der Waals surface area (Å²) in [6.45, 7) is 1.84. The lowest BCUT2D eigenvalue weighted by Crippen LogP contribution is -2.25. The normalized spacial score (nSPS) is 12.8. The summed E-state index contributed by atoms with van der Waals surface area (Å²) in [5, 5.41) is 8.70. The van der Waals surface area contributed by atoms with E-state index < -0.39 is 12.1 Å². The quantitative estimate of drug-likeness (QED) is 0.708. The van der Waals surface area contributed by atoms with Gasteiger partial charge in [-0.25, -0.2) is 9.78 Å². The molecule has 0 saturated heterocycles. The predicted octanol–water partition coefficient (Wildman–Crippen LogP) is 0.360. The molecular weight excluding hydrogens is 172 g/mol. The number of ether oxygens (including phenoxy) is 1. The Morgan fingerprint density at radius 3 is 2.92 bits per heavy atom. The Balaban J connectivity index is 2.67. The van der Waals surface area contributed by atoms with Crippen molar-refractivity contribution >= 4 is 5.97 Å². The summed E-state index contributed by atoms with van der Waals surface area (Å²) in [4.78, 5) is 17.5. The van der Waals surface area contributed by atoms with E-state index in [-0.39, 0.29) is 0 Å². The van der Waals surface area contributed by atoms with E-state index in [9.17, 15) is 4.79 Å². The Kier molecular flexibility index (Phi) is 3.02. The Bertz CT molecular complexity index is 295. The van der Waals surface area contributed by atoms with Gasteiger partial charge >= 0.3 is 5.97 Å². The zero-order valence-corrected chi connectivity index (χ0v) is 7.57. The average Bonchev–Trinajstić information content (AvgIpc) is 2.46. The van der Waals surface area contributed by atoms with E-state index in [4.69, 9.17) is 9.84 Å². The number of imidazole rings is 1.